The number of fused-ring (bicyclic) bond motifs is 1. The Hall–Kier alpha value is -1.16. The zero-order chi connectivity index (χ0) is 10.3. The van der Waals surface area contributed by atoms with Gasteiger partial charge in [-0.1, -0.05) is 6.42 Å². The highest BCUT2D eigenvalue weighted by atomic mass is 16.5. The van der Waals surface area contributed by atoms with Crippen LogP contribution in [0.2, 0.25) is 0 Å². The van der Waals surface area contributed by atoms with Gasteiger partial charge in [0.2, 0.25) is 0 Å². The topological polar surface area (TPSA) is 61.0 Å². The number of ether oxygens (including phenoxy) is 1. The molecule has 2 N–H and O–H groups in total. The van der Waals surface area contributed by atoms with E-state index in [4.69, 9.17) is 10.5 Å². The number of rotatable bonds is 1. The van der Waals surface area contributed by atoms with E-state index in [-0.39, 0.29) is 0 Å². The molecule has 3 rings (SSSR count). The highest BCUT2D eigenvalue weighted by Gasteiger charge is 2.25. The number of anilines is 1. The average Bonchev–Trinajstić information content (AvgIpc) is 2.15. The molecule has 2 heterocycles. The molecule has 0 amide bonds. The Balaban J connectivity index is 2.00. The lowest BCUT2D eigenvalue weighted by Gasteiger charge is -2.26. The van der Waals surface area contributed by atoms with Crippen LogP contribution in [0.25, 0.3) is 0 Å². The molecule has 1 saturated carbocycles. The summed E-state index contributed by atoms with van der Waals surface area (Å²) in [5, 5.41) is 0. The van der Waals surface area contributed by atoms with Crippen molar-refractivity contribution >= 4 is 5.82 Å². The van der Waals surface area contributed by atoms with Gasteiger partial charge in [0.15, 0.2) is 0 Å². The molecule has 1 aliphatic carbocycles. The molecule has 0 atom stereocenters. The predicted octanol–water partition coefficient (Wildman–Crippen LogP) is 1.40. The maximum absolute atomic E-state index is 5.93. The largest absolute Gasteiger partial charge is 0.383 e. The van der Waals surface area contributed by atoms with Crippen molar-refractivity contribution in [1.29, 1.82) is 0 Å². The van der Waals surface area contributed by atoms with Gasteiger partial charge in [-0.15, -0.1) is 0 Å². The minimum Gasteiger partial charge on any atom is -0.383 e. The van der Waals surface area contributed by atoms with Gasteiger partial charge in [0.05, 0.1) is 18.9 Å². The van der Waals surface area contributed by atoms with Crippen LogP contribution in [0.15, 0.2) is 0 Å². The van der Waals surface area contributed by atoms with Crippen molar-refractivity contribution in [3.63, 3.8) is 0 Å². The highest BCUT2D eigenvalue weighted by molar-refractivity contribution is 5.43. The fraction of sp³-hybridized carbons (Fsp3) is 0.636. The van der Waals surface area contributed by atoms with Crippen molar-refractivity contribution < 1.29 is 4.74 Å². The van der Waals surface area contributed by atoms with Crippen LogP contribution in [0.3, 0.4) is 0 Å². The Bertz CT molecular complexity index is 388. The van der Waals surface area contributed by atoms with Crippen LogP contribution in [0.1, 0.15) is 42.3 Å². The smallest absolute Gasteiger partial charge is 0.134 e. The second kappa shape index (κ2) is 3.45. The summed E-state index contributed by atoms with van der Waals surface area (Å²) in [6.45, 7) is 1.33. The van der Waals surface area contributed by atoms with Gasteiger partial charge >= 0.3 is 0 Å². The maximum Gasteiger partial charge on any atom is 0.134 e. The molecule has 15 heavy (non-hydrogen) atoms. The fourth-order valence-electron chi connectivity index (χ4n) is 2.13. The highest BCUT2D eigenvalue weighted by Crippen LogP contribution is 2.35. The quantitative estimate of drug-likeness (QED) is 0.752. The van der Waals surface area contributed by atoms with E-state index in [2.05, 4.69) is 9.97 Å². The zero-order valence-electron chi connectivity index (χ0n) is 8.70. The number of hydrogen-bond acceptors (Lipinski definition) is 4. The first-order chi connectivity index (χ1) is 7.34. The van der Waals surface area contributed by atoms with Gasteiger partial charge in [0, 0.05) is 17.9 Å². The van der Waals surface area contributed by atoms with E-state index in [0.29, 0.717) is 18.3 Å². The number of nitrogens with two attached hydrogens (primary N) is 1. The van der Waals surface area contributed by atoms with Crippen molar-refractivity contribution in [3.8, 4) is 0 Å². The predicted molar refractivity (Wildman–Crippen MR) is 56.4 cm³/mol. The molecule has 1 aromatic rings. The van der Waals surface area contributed by atoms with Gasteiger partial charge in [0.25, 0.3) is 0 Å². The molecule has 0 bridgehead atoms. The lowest BCUT2D eigenvalue weighted by atomic mass is 9.84. The molecule has 4 nitrogen and oxygen atoms in total. The molecule has 1 aliphatic heterocycles. The van der Waals surface area contributed by atoms with Crippen LogP contribution in [0.4, 0.5) is 5.82 Å². The van der Waals surface area contributed by atoms with Crippen LogP contribution in [0.5, 0.6) is 0 Å². The Morgan fingerprint density at radius 1 is 1.27 bits per heavy atom. The Morgan fingerprint density at radius 3 is 2.87 bits per heavy atom. The molecule has 1 fully saturated rings. The second-order valence-electron chi connectivity index (χ2n) is 4.32. The van der Waals surface area contributed by atoms with Crippen molar-refractivity contribution in [1.82, 2.24) is 9.97 Å². The summed E-state index contributed by atoms with van der Waals surface area (Å²) >= 11 is 0. The third-order valence-electron chi connectivity index (χ3n) is 3.34. The fourth-order valence-corrected chi connectivity index (χ4v) is 2.13. The van der Waals surface area contributed by atoms with E-state index < -0.39 is 0 Å². The minimum absolute atomic E-state index is 0.556. The van der Waals surface area contributed by atoms with Crippen molar-refractivity contribution in [2.75, 3.05) is 12.3 Å². The second-order valence-corrected chi connectivity index (χ2v) is 4.32. The van der Waals surface area contributed by atoms with Gasteiger partial charge in [-0.05, 0) is 12.8 Å². The number of aromatic nitrogens is 2. The SMILES string of the molecule is Nc1nc(C2CCC2)nc2c1COCC2. The molecular formula is C11H15N3O. The molecule has 1 aromatic heterocycles. The van der Waals surface area contributed by atoms with E-state index >= 15 is 0 Å². The van der Waals surface area contributed by atoms with Crippen LogP contribution in [-0.4, -0.2) is 16.6 Å². The van der Waals surface area contributed by atoms with E-state index in [1.54, 1.807) is 0 Å². The van der Waals surface area contributed by atoms with Gasteiger partial charge < -0.3 is 10.5 Å². The minimum atomic E-state index is 0.556. The third kappa shape index (κ3) is 1.49. The lowest BCUT2D eigenvalue weighted by molar-refractivity contribution is 0.109. The number of hydrogen-bond donors (Lipinski definition) is 1. The van der Waals surface area contributed by atoms with Crippen molar-refractivity contribution in [2.24, 2.45) is 0 Å². The first kappa shape index (κ1) is 9.09. The molecule has 4 heteroatoms. The summed E-state index contributed by atoms with van der Waals surface area (Å²) in [5.74, 6) is 2.14. The Kier molecular flexibility index (Phi) is 2.09. The molecule has 0 saturated heterocycles. The molecule has 0 unspecified atom stereocenters. The average molecular weight is 205 g/mol. The summed E-state index contributed by atoms with van der Waals surface area (Å²) in [5.41, 5.74) is 8.04. The normalized spacial score (nSPS) is 20.8. The summed E-state index contributed by atoms with van der Waals surface area (Å²) in [6.07, 6.45) is 4.61. The Morgan fingerprint density at radius 2 is 2.13 bits per heavy atom. The van der Waals surface area contributed by atoms with Crippen molar-refractivity contribution in [3.05, 3.63) is 17.1 Å². The third-order valence-corrected chi connectivity index (χ3v) is 3.34. The van der Waals surface area contributed by atoms with Crippen molar-refractivity contribution in [2.45, 2.75) is 38.2 Å². The van der Waals surface area contributed by atoms with E-state index in [1.165, 1.54) is 19.3 Å². The standard InChI is InChI=1S/C11H15N3O/c12-10-8-6-15-5-4-9(8)13-11(14-10)7-2-1-3-7/h7H,1-6H2,(H2,12,13,14). The summed E-state index contributed by atoms with van der Waals surface area (Å²) in [4.78, 5) is 9.02. The molecular weight excluding hydrogens is 190 g/mol. The zero-order valence-corrected chi connectivity index (χ0v) is 8.70. The van der Waals surface area contributed by atoms with E-state index in [0.717, 1.165) is 30.1 Å². The summed E-state index contributed by atoms with van der Waals surface area (Å²) in [7, 11) is 0. The number of nitrogen functional groups attached to an aromatic ring is 1. The molecule has 0 aromatic carbocycles. The van der Waals surface area contributed by atoms with Crippen LogP contribution in [0, 0.1) is 0 Å². The monoisotopic (exact) mass is 205 g/mol. The van der Waals surface area contributed by atoms with Gasteiger partial charge in [-0.2, -0.15) is 0 Å². The first-order valence-corrected chi connectivity index (χ1v) is 5.57. The van der Waals surface area contributed by atoms with Gasteiger partial charge in [-0.3, -0.25) is 0 Å². The van der Waals surface area contributed by atoms with E-state index in [1.807, 2.05) is 0 Å². The summed E-state index contributed by atoms with van der Waals surface area (Å²) in [6, 6.07) is 0. The summed E-state index contributed by atoms with van der Waals surface area (Å²) < 4.78 is 5.36. The molecule has 80 valence electrons. The molecule has 0 radical (unpaired) electrons. The maximum atomic E-state index is 5.93. The molecule has 2 aliphatic rings. The van der Waals surface area contributed by atoms with Gasteiger partial charge in [0.1, 0.15) is 11.6 Å². The van der Waals surface area contributed by atoms with Crippen LogP contribution >= 0.6 is 0 Å². The number of nitrogens with zero attached hydrogens (tertiary/aromatic N) is 2. The van der Waals surface area contributed by atoms with Crippen LogP contribution < -0.4 is 5.73 Å². The van der Waals surface area contributed by atoms with Gasteiger partial charge in [-0.25, -0.2) is 9.97 Å². The van der Waals surface area contributed by atoms with Crippen LogP contribution in [-0.2, 0) is 17.8 Å². The first-order valence-electron chi connectivity index (χ1n) is 5.57. The Labute approximate surface area is 88.9 Å². The molecule has 0 spiro atoms. The lowest BCUT2D eigenvalue weighted by Crippen LogP contribution is -2.20. The van der Waals surface area contributed by atoms with E-state index in [9.17, 15) is 0 Å².